The molecule has 0 amide bonds. The summed E-state index contributed by atoms with van der Waals surface area (Å²) in [6.45, 7) is 2.53. The Kier molecular flexibility index (Phi) is 4.03. The monoisotopic (exact) mass is 319 g/mol. The van der Waals surface area contributed by atoms with Crippen LogP contribution in [0.25, 0.3) is 16.8 Å². The highest BCUT2D eigenvalue weighted by Gasteiger charge is 2.10. The molecular formula is C15H14ClN3OS. The van der Waals surface area contributed by atoms with E-state index < -0.39 is 0 Å². The van der Waals surface area contributed by atoms with Crippen LogP contribution in [0.3, 0.4) is 0 Å². The standard InChI is InChI=1S/C15H14ClN3OS/c1-3-20-14-5-4-10(8-11(14)16)12-9-13-15(21-2)17-6-7-19(13)18-12/h4-9H,3H2,1-2H3. The largest absolute Gasteiger partial charge is 0.492 e. The predicted molar refractivity (Wildman–Crippen MR) is 86.4 cm³/mol. The van der Waals surface area contributed by atoms with Crippen LogP contribution >= 0.6 is 23.4 Å². The Hall–Kier alpha value is -1.72. The molecule has 21 heavy (non-hydrogen) atoms. The number of hydrogen-bond acceptors (Lipinski definition) is 4. The van der Waals surface area contributed by atoms with Crippen LogP contribution in [0.5, 0.6) is 5.75 Å². The summed E-state index contributed by atoms with van der Waals surface area (Å²) < 4.78 is 7.28. The molecule has 0 radical (unpaired) electrons. The van der Waals surface area contributed by atoms with Gasteiger partial charge < -0.3 is 4.74 Å². The van der Waals surface area contributed by atoms with Crippen molar-refractivity contribution >= 4 is 28.9 Å². The molecule has 3 aromatic rings. The minimum absolute atomic E-state index is 0.592. The van der Waals surface area contributed by atoms with Gasteiger partial charge in [0, 0.05) is 18.0 Å². The zero-order valence-electron chi connectivity index (χ0n) is 11.7. The van der Waals surface area contributed by atoms with Crippen molar-refractivity contribution in [1.29, 1.82) is 0 Å². The lowest BCUT2D eigenvalue weighted by Gasteiger charge is -2.06. The number of thioether (sulfide) groups is 1. The van der Waals surface area contributed by atoms with Gasteiger partial charge in [0.15, 0.2) is 0 Å². The first-order valence-corrected chi connectivity index (χ1v) is 8.14. The van der Waals surface area contributed by atoms with Crippen LogP contribution in [0.15, 0.2) is 41.7 Å². The number of aromatic nitrogens is 3. The molecule has 2 aromatic heterocycles. The number of hydrogen-bond donors (Lipinski definition) is 0. The average molecular weight is 320 g/mol. The molecule has 0 saturated heterocycles. The first kappa shape index (κ1) is 14.2. The molecule has 108 valence electrons. The fourth-order valence-electron chi connectivity index (χ4n) is 2.13. The fraction of sp³-hybridized carbons (Fsp3) is 0.200. The van der Waals surface area contributed by atoms with E-state index in [-0.39, 0.29) is 0 Å². The van der Waals surface area contributed by atoms with Crippen molar-refractivity contribution in [2.45, 2.75) is 11.9 Å². The third-order valence-electron chi connectivity index (χ3n) is 3.08. The van der Waals surface area contributed by atoms with E-state index in [2.05, 4.69) is 10.1 Å². The summed E-state index contributed by atoms with van der Waals surface area (Å²) in [6.07, 6.45) is 5.60. The summed E-state index contributed by atoms with van der Waals surface area (Å²) in [5.41, 5.74) is 2.81. The topological polar surface area (TPSA) is 39.4 Å². The van der Waals surface area contributed by atoms with Crippen molar-refractivity contribution in [3.8, 4) is 17.0 Å². The summed E-state index contributed by atoms with van der Waals surface area (Å²) >= 11 is 7.84. The summed E-state index contributed by atoms with van der Waals surface area (Å²) in [6, 6.07) is 7.73. The van der Waals surface area contributed by atoms with Gasteiger partial charge in [-0.05, 0) is 37.4 Å². The molecule has 0 aliphatic heterocycles. The normalized spacial score (nSPS) is 11.0. The highest BCUT2D eigenvalue weighted by atomic mass is 35.5. The average Bonchev–Trinajstić information content (AvgIpc) is 2.93. The van der Waals surface area contributed by atoms with Crippen molar-refractivity contribution in [3.63, 3.8) is 0 Å². The van der Waals surface area contributed by atoms with E-state index in [0.29, 0.717) is 17.4 Å². The van der Waals surface area contributed by atoms with Crippen LogP contribution in [0.4, 0.5) is 0 Å². The van der Waals surface area contributed by atoms with Gasteiger partial charge in [0.1, 0.15) is 10.8 Å². The second kappa shape index (κ2) is 5.95. The van der Waals surface area contributed by atoms with Crippen LogP contribution in [0.1, 0.15) is 6.92 Å². The SMILES string of the molecule is CCOc1ccc(-c2cc3c(SC)nccn3n2)cc1Cl. The third-order valence-corrected chi connectivity index (χ3v) is 4.07. The smallest absolute Gasteiger partial charge is 0.137 e. The van der Waals surface area contributed by atoms with Crippen molar-refractivity contribution < 1.29 is 4.74 Å². The second-order valence-electron chi connectivity index (χ2n) is 4.37. The van der Waals surface area contributed by atoms with E-state index in [1.165, 1.54) is 0 Å². The number of rotatable bonds is 4. The first-order valence-electron chi connectivity index (χ1n) is 6.54. The maximum absolute atomic E-state index is 6.24. The summed E-state index contributed by atoms with van der Waals surface area (Å²) in [7, 11) is 0. The highest BCUT2D eigenvalue weighted by molar-refractivity contribution is 7.98. The van der Waals surface area contributed by atoms with Crippen LogP contribution in [-0.2, 0) is 0 Å². The number of benzene rings is 1. The molecule has 4 nitrogen and oxygen atoms in total. The lowest BCUT2D eigenvalue weighted by molar-refractivity contribution is 0.340. The number of fused-ring (bicyclic) bond motifs is 1. The van der Waals surface area contributed by atoms with Gasteiger partial charge in [0.25, 0.3) is 0 Å². The first-order chi connectivity index (χ1) is 10.2. The van der Waals surface area contributed by atoms with Gasteiger partial charge in [0.05, 0.1) is 22.8 Å². The minimum Gasteiger partial charge on any atom is -0.492 e. The molecular weight excluding hydrogens is 306 g/mol. The van der Waals surface area contributed by atoms with Crippen molar-refractivity contribution in [3.05, 3.63) is 41.7 Å². The molecule has 0 bridgehead atoms. The van der Waals surface area contributed by atoms with E-state index in [0.717, 1.165) is 21.8 Å². The Bertz CT molecular complexity index is 788. The third kappa shape index (κ3) is 2.71. The molecule has 0 atom stereocenters. The van der Waals surface area contributed by atoms with E-state index >= 15 is 0 Å². The number of halogens is 1. The van der Waals surface area contributed by atoms with Gasteiger partial charge in [-0.1, -0.05) is 11.6 Å². The Morgan fingerprint density at radius 1 is 1.33 bits per heavy atom. The van der Waals surface area contributed by atoms with Gasteiger partial charge in [-0.15, -0.1) is 11.8 Å². The Labute approximate surface area is 132 Å². The molecule has 0 unspecified atom stereocenters. The molecule has 0 aliphatic rings. The molecule has 0 spiro atoms. The Balaban J connectivity index is 2.06. The molecule has 0 fully saturated rings. The van der Waals surface area contributed by atoms with Crippen LogP contribution in [-0.4, -0.2) is 27.5 Å². The maximum atomic E-state index is 6.24. The molecule has 0 saturated carbocycles. The zero-order chi connectivity index (χ0) is 14.8. The lowest BCUT2D eigenvalue weighted by atomic mass is 10.1. The molecule has 2 heterocycles. The quantitative estimate of drug-likeness (QED) is 0.677. The van der Waals surface area contributed by atoms with Gasteiger partial charge in [-0.25, -0.2) is 9.50 Å². The number of ether oxygens (including phenoxy) is 1. The molecule has 6 heteroatoms. The second-order valence-corrected chi connectivity index (χ2v) is 5.58. The molecule has 0 aliphatic carbocycles. The van der Waals surface area contributed by atoms with Gasteiger partial charge in [0.2, 0.25) is 0 Å². The van der Waals surface area contributed by atoms with E-state index in [1.54, 1.807) is 18.0 Å². The van der Waals surface area contributed by atoms with Crippen LogP contribution < -0.4 is 4.74 Å². The van der Waals surface area contributed by atoms with Gasteiger partial charge in [-0.3, -0.25) is 0 Å². The Morgan fingerprint density at radius 3 is 2.90 bits per heavy atom. The summed E-state index contributed by atoms with van der Waals surface area (Å²) in [5.74, 6) is 0.693. The fourth-order valence-corrected chi connectivity index (χ4v) is 2.89. The zero-order valence-corrected chi connectivity index (χ0v) is 13.3. The van der Waals surface area contributed by atoms with E-state index in [9.17, 15) is 0 Å². The molecule has 0 N–H and O–H groups in total. The highest BCUT2D eigenvalue weighted by Crippen LogP contribution is 2.31. The van der Waals surface area contributed by atoms with E-state index in [4.69, 9.17) is 16.3 Å². The van der Waals surface area contributed by atoms with Crippen molar-refractivity contribution in [2.75, 3.05) is 12.9 Å². The minimum atomic E-state index is 0.592. The van der Waals surface area contributed by atoms with Crippen LogP contribution in [0.2, 0.25) is 5.02 Å². The summed E-state index contributed by atoms with van der Waals surface area (Å²) in [4.78, 5) is 4.34. The van der Waals surface area contributed by atoms with Crippen molar-refractivity contribution in [1.82, 2.24) is 14.6 Å². The lowest BCUT2D eigenvalue weighted by Crippen LogP contribution is -1.92. The van der Waals surface area contributed by atoms with E-state index in [1.807, 2.05) is 48.2 Å². The molecule has 1 aromatic carbocycles. The van der Waals surface area contributed by atoms with Gasteiger partial charge in [-0.2, -0.15) is 5.10 Å². The summed E-state index contributed by atoms with van der Waals surface area (Å²) in [5, 5.41) is 6.12. The van der Waals surface area contributed by atoms with Crippen molar-refractivity contribution in [2.24, 2.45) is 0 Å². The Morgan fingerprint density at radius 2 is 2.19 bits per heavy atom. The number of nitrogens with zero attached hydrogens (tertiary/aromatic N) is 3. The van der Waals surface area contributed by atoms with Crippen LogP contribution in [0, 0.1) is 0 Å². The van der Waals surface area contributed by atoms with Gasteiger partial charge >= 0.3 is 0 Å². The molecule has 3 rings (SSSR count). The predicted octanol–water partition coefficient (Wildman–Crippen LogP) is 4.17. The maximum Gasteiger partial charge on any atom is 0.137 e.